The molecule has 2 heterocycles. The minimum Gasteiger partial charge on any atom is -0.481 e. The van der Waals surface area contributed by atoms with E-state index in [4.69, 9.17) is 5.11 Å². The number of aryl methyl sites for hydroxylation is 2. The van der Waals surface area contributed by atoms with Gasteiger partial charge in [-0.25, -0.2) is 4.98 Å². The normalized spacial score (nSPS) is 19.5. The molecule has 1 saturated heterocycles. The molecular formula is C14H21N3O2. The molecule has 5 nitrogen and oxygen atoms in total. The predicted octanol–water partition coefficient (Wildman–Crippen LogP) is 2.32. The lowest BCUT2D eigenvalue weighted by Crippen LogP contribution is -2.40. The third-order valence-electron chi connectivity index (χ3n) is 3.79. The molecule has 0 spiro atoms. The van der Waals surface area contributed by atoms with Crippen molar-refractivity contribution in [2.75, 3.05) is 11.4 Å². The van der Waals surface area contributed by atoms with Crippen LogP contribution in [0.15, 0.2) is 6.20 Å². The number of aliphatic carboxylic acids is 1. The molecule has 0 aliphatic carbocycles. The molecule has 1 atom stereocenters. The van der Waals surface area contributed by atoms with E-state index in [9.17, 15) is 4.79 Å². The molecule has 5 heteroatoms. The van der Waals surface area contributed by atoms with Crippen LogP contribution in [0.2, 0.25) is 0 Å². The molecule has 1 N–H and O–H groups in total. The van der Waals surface area contributed by atoms with E-state index in [0.717, 1.165) is 36.6 Å². The van der Waals surface area contributed by atoms with Crippen LogP contribution < -0.4 is 4.90 Å². The van der Waals surface area contributed by atoms with Gasteiger partial charge in [0.1, 0.15) is 5.82 Å². The number of carboxylic acid groups (broad SMARTS) is 1. The van der Waals surface area contributed by atoms with Gasteiger partial charge in [0.25, 0.3) is 0 Å². The first-order chi connectivity index (χ1) is 9.08. The summed E-state index contributed by atoms with van der Waals surface area (Å²) in [7, 11) is 0. The van der Waals surface area contributed by atoms with E-state index in [1.807, 2.05) is 13.8 Å². The summed E-state index contributed by atoms with van der Waals surface area (Å²) in [6.45, 7) is 4.85. The van der Waals surface area contributed by atoms with Gasteiger partial charge in [0.05, 0.1) is 17.6 Å². The van der Waals surface area contributed by atoms with E-state index in [1.165, 1.54) is 6.42 Å². The fourth-order valence-electron chi connectivity index (χ4n) is 2.56. The van der Waals surface area contributed by atoms with Crippen LogP contribution in [0.1, 0.15) is 43.5 Å². The predicted molar refractivity (Wildman–Crippen MR) is 73.4 cm³/mol. The molecule has 2 rings (SSSR count). The van der Waals surface area contributed by atoms with Gasteiger partial charge in [0.2, 0.25) is 0 Å². The number of hydrogen-bond acceptors (Lipinski definition) is 4. The zero-order valence-corrected chi connectivity index (χ0v) is 11.6. The van der Waals surface area contributed by atoms with Crippen molar-refractivity contribution >= 4 is 11.8 Å². The van der Waals surface area contributed by atoms with Gasteiger partial charge in [-0.15, -0.1) is 0 Å². The lowest BCUT2D eigenvalue weighted by molar-refractivity contribution is -0.137. The molecule has 0 radical (unpaired) electrons. The average molecular weight is 263 g/mol. The summed E-state index contributed by atoms with van der Waals surface area (Å²) in [5, 5.41) is 8.83. The molecule has 104 valence electrons. The fraction of sp³-hybridized carbons (Fsp3) is 0.643. The third kappa shape index (κ3) is 3.43. The molecule has 1 aliphatic rings. The van der Waals surface area contributed by atoms with E-state index in [1.54, 1.807) is 6.20 Å². The molecule has 1 aromatic heterocycles. The van der Waals surface area contributed by atoms with Crippen LogP contribution in [0.3, 0.4) is 0 Å². The Labute approximate surface area is 113 Å². The molecule has 1 aromatic rings. The first-order valence-electron chi connectivity index (χ1n) is 6.86. The van der Waals surface area contributed by atoms with Crippen LogP contribution in [0.5, 0.6) is 0 Å². The molecule has 1 unspecified atom stereocenters. The Bertz CT molecular complexity index is 462. The van der Waals surface area contributed by atoms with Crippen molar-refractivity contribution in [1.29, 1.82) is 0 Å². The maximum Gasteiger partial charge on any atom is 0.303 e. The van der Waals surface area contributed by atoms with Crippen LogP contribution >= 0.6 is 0 Å². The zero-order chi connectivity index (χ0) is 13.8. The Morgan fingerprint density at radius 2 is 2.21 bits per heavy atom. The second-order valence-electron chi connectivity index (χ2n) is 5.17. The number of carbonyl (C=O) groups is 1. The van der Waals surface area contributed by atoms with Gasteiger partial charge in [-0.1, -0.05) is 0 Å². The van der Waals surface area contributed by atoms with Gasteiger partial charge in [0, 0.05) is 19.0 Å². The summed E-state index contributed by atoms with van der Waals surface area (Å²) in [5.41, 5.74) is 1.89. The summed E-state index contributed by atoms with van der Waals surface area (Å²) < 4.78 is 0. The number of hydrogen-bond donors (Lipinski definition) is 1. The van der Waals surface area contributed by atoms with E-state index in [-0.39, 0.29) is 12.5 Å². The van der Waals surface area contributed by atoms with Gasteiger partial charge in [-0.05, 0) is 39.5 Å². The Morgan fingerprint density at radius 3 is 2.89 bits per heavy atom. The topological polar surface area (TPSA) is 66.3 Å². The van der Waals surface area contributed by atoms with Gasteiger partial charge in [-0.2, -0.15) is 0 Å². The highest BCUT2D eigenvalue weighted by Crippen LogP contribution is 2.25. The summed E-state index contributed by atoms with van der Waals surface area (Å²) in [4.78, 5) is 21.9. The Balaban J connectivity index is 2.13. The third-order valence-corrected chi connectivity index (χ3v) is 3.79. The quantitative estimate of drug-likeness (QED) is 0.903. The zero-order valence-electron chi connectivity index (χ0n) is 11.6. The SMILES string of the molecule is Cc1ncc(N2CCCCC2CCC(=O)O)nc1C. The Kier molecular flexibility index (Phi) is 4.35. The summed E-state index contributed by atoms with van der Waals surface area (Å²) in [6, 6.07) is 0.279. The second-order valence-corrected chi connectivity index (χ2v) is 5.17. The molecule has 1 fully saturated rings. The van der Waals surface area contributed by atoms with Gasteiger partial charge in [0.15, 0.2) is 0 Å². The van der Waals surface area contributed by atoms with Crippen LogP contribution in [0, 0.1) is 13.8 Å². The highest BCUT2D eigenvalue weighted by molar-refractivity contribution is 5.66. The molecule has 1 aliphatic heterocycles. The average Bonchev–Trinajstić information content (AvgIpc) is 2.40. The number of piperidine rings is 1. The van der Waals surface area contributed by atoms with Crippen molar-refractivity contribution < 1.29 is 9.90 Å². The largest absolute Gasteiger partial charge is 0.481 e. The van der Waals surface area contributed by atoms with E-state index in [0.29, 0.717) is 6.42 Å². The molecule has 0 amide bonds. The van der Waals surface area contributed by atoms with Gasteiger partial charge >= 0.3 is 5.97 Å². The minimum atomic E-state index is -0.725. The van der Waals surface area contributed by atoms with Crippen molar-refractivity contribution in [2.24, 2.45) is 0 Å². The Morgan fingerprint density at radius 1 is 1.42 bits per heavy atom. The first kappa shape index (κ1) is 13.8. The van der Waals surface area contributed by atoms with Gasteiger partial charge in [-0.3, -0.25) is 9.78 Å². The minimum absolute atomic E-state index is 0.222. The van der Waals surface area contributed by atoms with E-state index >= 15 is 0 Å². The van der Waals surface area contributed by atoms with Crippen molar-refractivity contribution in [3.05, 3.63) is 17.6 Å². The lowest BCUT2D eigenvalue weighted by Gasteiger charge is -2.36. The standard InChI is InChI=1S/C14H21N3O2/c1-10-11(2)16-13(9-15-10)17-8-4-3-5-12(17)6-7-14(18)19/h9,12H,3-8H2,1-2H3,(H,18,19). The van der Waals surface area contributed by atoms with Crippen molar-refractivity contribution in [3.63, 3.8) is 0 Å². The number of anilines is 1. The number of nitrogens with zero attached hydrogens (tertiary/aromatic N) is 3. The van der Waals surface area contributed by atoms with Gasteiger partial charge < -0.3 is 10.0 Å². The van der Waals surface area contributed by atoms with E-state index in [2.05, 4.69) is 14.9 Å². The van der Waals surface area contributed by atoms with Crippen molar-refractivity contribution in [1.82, 2.24) is 9.97 Å². The lowest BCUT2D eigenvalue weighted by atomic mass is 9.98. The smallest absolute Gasteiger partial charge is 0.303 e. The molecule has 0 bridgehead atoms. The second kappa shape index (κ2) is 5.99. The van der Waals surface area contributed by atoms with E-state index < -0.39 is 5.97 Å². The fourth-order valence-corrected chi connectivity index (χ4v) is 2.56. The Hall–Kier alpha value is -1.65. The maximum atomic E-state index is 10.7. The molecule has 19 heavy (non-hydrogen) atoms. The molecular weight excluding hydrogens is 242 g/mol. The highest BCUT2D eigenvalue weighted by atomic mass is 16.4. The summed E-state index contributed by atoms with van der Waals surface area (Å²) in [5.74, 6) is 0.162. The summed E-state index contributed by atoms with van der Waals surface area (Å²) >= 11 is 0. The first-order valence-corrected chi connectivity index (χ1v) is 6.86. The maximum absolute atomic E-state index is 10.7. The summed E-state index contributed by atoms with van der Waals surface area (Å²) in [6.07, 6.45) is 6.06. The number of aromatic nitrogens is 2. The van der Waals surface area contributed by atoms with Crippen molar-refractivity contribution in [3.8, 4) is 0 Å². The highest BCUT2D eigenvalue weighted by Gasteiger charge is 2.24. The van der Waals surface area contributed by atoms with Crippen LogP contribution in [-0.4, -0.2) is 33.6 Å². The number of rotatable bonds is 4. The molecule has 0 saturated carbocycles. The van der Waals surface area contributed by atoms with Crippen LogP contribution in [-0.2, 0) is 4.79 Å². The monoisotopic (exact) mass is 263 g/mol. The number of carboxylic acids is 1. The van der Waals surface area contributed by atoms with Crippen molar-refractivity contribution in [2.45, 2.75) is 52.0 Å². The molecule has 0 aromatic carbocycles. The van der Waals surface area contributed by atoms with Crippen LogP contribution in [0.4, 0.5) is 5.82 Å². The van der Waals surface area contributed by atoms with Crippen LogP contribution in [0.25, 0.3) is 0 Å².